The molecule has 0 saturated heterocycles. The second kappa shape index (κ2) is 6.74. The maximum Gasteiger partial charge on any atom is 0.354 e. The van der Waals surface area contributed by atoms with Gasteiger partial charge in [-0.3, -0.25) is 14.7 Å². The minimum absolute atomic E-state index is 0.0514. The number of carbonyl (C=O) groups is 1. The van der Waals surface area contributed by atoms with Crippen molar-refractivity contribution in [2.24, 2.45) is 0 Å². The third-order valence-electron chi connectivity index (χ3n) is 3.32. The zero-order valence-electron chi connectivity index (χ0n) is 13.0. The molecular weight excluding hydrogens is 328 g/mol. The van der Waals surface area contributed by atoms with Crippen LogP contribution in [0.5, 0.6) is 0 Å². The number of rotatable bonds is 5. The highest BCUT2D eigenvalue weighted by molar-refractivity contribution is 5.96. The van der Waals surface area contributed by atoms with Crippen molar-refractivity contribution in [1.29, 1.82) is 0 Å². The van der Waals surface area contributed by atoms with Gasteiger partial charge in [-0.25, -0.2) is 19.7 Å². The summed E-state index contributed by atoms with van der Waals surface area (Å²) in [5, 5.41) is 14.4. The van der Waals surface area contributed by atoms with Gasteiger partial charge in [0.05, 0.1) is 23.3 Å². The Bertz CT molecular complexity index is 926. The summed E-state index contributed by atoms with van der Waals surface area (Å²) in [6.07, 6.45) is 5.58. The summed E-state index contributed by atoms with van der Waals surface area (Å²) in [6, 6.07) is 6.47. The van der Waals surface area contributed by atoms with Crippen LogP contribution in [0.4, 0.5) is 17.2 Å². The molecule has 3 aromatic rings. The lowest BCUT2D eigenvalue weighted by atomic mass is 10.2. The van der Waals surface area contributed by atoms with E-state index in [4.69, 9.17) is 4.74 Å². The van der Waals surface area contributed by atoms with Crippen LogP contribution in [0.25, 0.3) is 5.82 Å². The number of hydrogen-bond acceptors (Lipinski definition) is 8. The molecule has 0 aliphatic heterocycles. The van der Waals surface area contributed by atoms with Gasteiger partial charge in [-0.1, -0.05) is 12.1 Å². The van der Waals surface area contributed by atoms with E-state index in [1.54, 1.807) is 18.2 Å². The first-order chi connectivity index (χ1) is 12.1. The molecule has 10 nitrogen and oxygen atoms in total. The van der Waals surface area contributed by atoms with Crippen molar-refractivity contribution >= 4 is 23.2 Å². The molecule has 0 radical (unpaired) electrons. The van der Waals surface area contributed by atoms with Gasteiger partial charge in [0.2, 0.25) is 11.6 Å². The average Bonchev–Trinajstić information content (AvgIpc) is 3.15. The number of nitrogens with zero attached hydrogens (tertiary/aromatic N) is 5. The maximum atomic E-state index is 11.9. The molecule has 1 N–H and O–H groups in total. The standard InChI is InChI=1S/C15H12N6O4/c1-25-15(22)10-4-2-3-5-11(10)19-13-12(21(23)24)14(18-8-17-13)20-7-6-16-9-20/h2-9H,1H3,(H,17,18,19). The van der Waals surface area contributed by atoms with Crippen molar-refractivity contribution < 1.29 is 14.5 Å². The molecule has 1 aromatic carbocycles. The van der Waals surface area contributed by atoms with Crippen LogP contribution in [0.2, 0.25) is 0 Å². The Hall–Kier alpha value is -3.82. The zero-order chi connectivity index (χ0) is 17.8. The highest BCUT2D eigenvalue weighted by Gasteiger charge is 2.25. The number of ether oxygens (including phenoxy) is 1. The fourth-order valence-corrected chi connectivity index (χ4v) is 2.21. The molecule has 25 heavy (non-hydrogen) atoms. The molecule has 0 aliphatic carbocycles. The quantitative estimate of drug-likeness (QED) is 0.425. The third kappa shape index (κ3) is 3.13. The van der Waals surface area contributed by atoms with Crippen LogP contribution >= 0.6 is 0 Å². The van der Waals surface area contributed by atoms with E-state index in [-0.39, 0.29) is 22.9 Å². The SMILES string of the molecule is COC(=O)c1ccccc1Nc1ncnc(-n2ccnc2)c1[N+](=O)[O-]. The van der Waals surface area contributed by atoms with Gasteiger partial charge in [0.1, 0.15) is 12.7 Å². The van der Waals surface area contributed by atoms with E-state index in [2.05, 4.69) is 20.3 Å². The van der Waals surface area contributed by atoms with Crippen molar-refractivity contribution in [3.05, 3.63) is 65.0 Å². The lowest BCUT2D eigenvalue weighted by Crippen LogP contribution is -2.09. The van der Waals surface area contributed by atoms with Gasteiger partial charge in [-0.05, 0) is 12.1 Å². The van der Waals surface area contributed by atoms with Gasteiger partial charge in [-0.2, -0.15) is 0 Å². The number of aromatic nitrogens is 4. The van der Waals surface area contributed by atoms with E-state index in [1.165, 1.54) is 42.8 Å². The second-order valence-electron chi connectivity index (χ2n) is 4.78. The van der Waals surface area contributed by atoms with Crippen LogP contribution in [-0.4, -0.2) is 37.5 Å². The first kappa shape index (κ1) is 16.1. The normalized spacial score (nSPS) is 10.3. The van der Waals surface area contributed by atoms with E-state index in [0.717, 1.165) is 0 Å². The Morgan fingerprint density at radius 2 is 2.12 bits per heavy atom. The topological polar surface area (TPSA) is 125 Å². The molecule has 0 aliphatic rings. The Morgan fingerprint density at radius 1 is 1.32 bits per heavy atom. The zero-order valence-corrected chi connectivity index (χ0v) is 13.0. The summed E-state index contributed by atoms with van der Waals surface area (Å²) in [6.45, 7) is 0. The van der Waals surface area contributed by atoms with Gasteiger partial charge in [0.25, 0.3) is 0 Å². The smallest absolute Gasteiger partial charge is 0.354 e. The van der Waals surface area contributed by atoms with E-state index in [0.29, 0.717) is 5.69 Å². The van der Waals surface area contributed by atoms with Crippen molar-refractivity contribution in [1.82, 2.24) is 19.5 Å². The number of esters is 1. The van der Waals surface area contributed by atoms with Gasteiger partial charge in [-0.15, -0.1) is 0 Å². The van der Waals surface area contributed by atoms with Crippen molar-refractivity contribution in [3.8, 4) is 5.82 Å². The predicted molar refractivity (Wildman–Crippen MR) is 86.9 cm³/mol. The van der Waals surface area contributed by atoms with Crippen LogP contribution in [0, 0.1) is 10.1 Å². The van der Waals surface area contributed by atoms with Gasteiger partial charge >= 0.3 is 11.7 Å². The number of benzene rings is 1. The molecule has 0 atom stereocenters. The Balaban J connectivity index is 2.09. The second-order valence-corrected chi connectivity index (χ2v) is 4.78. The number of nitro groups is 1. The molecule has 0 fully saturated rings. The third-order valence-corrected chi connectivity index (χ3v) is 3.32. The molecule has 2 aromatic heterocycles. The molecule has 3 rings (SSSR count). The highest BCUT2D eigenvalue weighted by atomic mass is 16.6. The monoisotopic (exact) mass is 340 g/mol. The van der Waals surface area contributed by atoms with Crippen LogP contribution in [0.15, 0.2) is 49.3 Å². The lowest BCUT2D eigenvalue weighted by molar-refractivity contribution is -0.384. The molecule has 10 heteroatoms. The number of carbonyl (C=O) groups excluding carboxylic acids is 1. The largest absolute Gasteiger partial charge is 0.465 e. The highest BCUT2D eigenvalue weighted by Crippen LogP contribution is 2.31. The number of para-hydroxylation sites is 1. The molecular formula is C15H12N6O4. The van der Waals surface area contributed by atoms with Crippen LogP contribution in [0.1, 0.15) is 10.4 Å². The summed E-state index contributed by atoms with van der Waals surface area (Å²) >= 11 is 0. The molecule has 0 bridgehead atoms. The van der Waals surface area contributed by atoms with Crippen molar-refractivity contribution in [3.63, 3.8) is 0 Å². The molecule has 0 amide bonds. The fourth-order valence-electron chi connectivity index (χ4n) is 2.21. The van der Waals surface area contributed by atoms with Gasteiger partial charge in [0, 0.05) is 12.4 Å². The Morgan fingerprint density at radius 3 is 2.80 bits per heavy atom. The maximum absolute atomic E-state index is 11.9. The number of hydrogen-bond donors (Lipinski definition) is 1. The molecule has 0 saturated carbocycles. The fraction of sp³-hybridized carbons (Fsp3) is 0.0667. The van der Waals surface area contributed by atoms with Crippen LogP contribution in [0.3, 0.4) is 0 Å². The van der Waals surface area contributed by atoms with E-state index in [9.17, 15) is 14.9 Å². The minimum atomic E-state index is -0.599. The van der Waals surface area contributed by atoms with E-state index in [1.807, 2.05) is 0 Å². The van der Waals surface area contributed by atoms with Crippen molar-refractivity contribution in [2.45, 2.75) is 0 Å². The Labute approximate surface area is 141 Å². The number of imidazole rings is 1. The lowest BCUT2D eigenvalue weighted by Gasteiger charge is -2.11. The molecule has 126 valence electrons. The summed E-state index contributed by atoms with van der Waals surface area (Å²) in [5.41, 5.74) is 0.204. The number of nitrogens with one attached hydrogen (secondary N) is 1. The molecule has 2 heterocycles. The molecule has 0 spiro atoms. The summed E-state index contributed by atoms with van der Waals surface area (Å²) in [7, 11) is 1.25. The van der Waals surface area contributed by atoms with Crippen LogP contribution < -0.4 is 5.32 Å². The van der Waals surface area contributed by atoms with E-state index >= 15 is 0 Å². The molecule has 0 unspecified atom stereocenters. The summed E-state index contributed by atoms with van der Waals surface area (Å²) in [5.74, 6) is -0.578. The minimum Gasteiger partial charge on any atom is -0.465 e. The van der Waals surface area contributed by atoms with Gasteiger partial charge in [0.15, 0.2) is 0 Å². The number of methoxy groups -OCH3 is 1. The number of anilines is 2. The first-order valence-electron chi connectivity index (χ1n) is 7.04. The average molecular weight is 340 g/mol. The summed E-state index contributed by atoms with van der Waals surface area (Å²) < 4.78 is 6.12. The predicted octanol–water partition coefficient (Wildman–Crippen LogP) is 2.10. The summed E-state index contributed by atoms with van der Waals surface area (Å²) in [4.78, 5) is 34.6. The van der Waals surface area contributed by atoms with Crippen LogP contribution in [-0.2, 0) is 4.74 Å². The van der Waals surface area contributed by atoms with Gasteiger partial charge < -0.3 is 10.1 Å². The van der Waals surface area contributed by atoms with E-state index < -0.39 is 10.9 Å². The Kier molecular flexibility index (Phi) is 4.33. The van der Waals surface area contributed by atoms with Crippen molar-refractivity contribution in [2.75, 3.05) is 12.4 Å². The first-order valence-corrected chi connectivity index (χ1v) is 7.04.